The Labute approximate surface area is 128 Å². The highest BCUT2D eigenvalue weighted by molar-refractivity contribution is 5.71. The fraction of sp³-hybridized carbons (Fsp3) is 0.611. The predicted octanol–water partition coefficient (Wildman–Crippen LogP) is 6.64. The first-order valence-corrected chi connectivity index (χ1v) is 7.78. The molecule has 20 heavy (non-hydrogen) atoms. The summed E-state index contributed by atoms with van der Waals surface area (Å²) in [6.07, 6.45) is 5.27. The van der Waals surface area contributed by atoms with Gasteiger partial charge < -0.3 is 5.11 Å². The van der Waals surface area contributed by atoms with Gasteiger partial charge in [-0.05, 0) is 19.4 Å². The maximum Gasteiger partial charge on any atom is 0.307 e. The molecule has 0 unspecified atom stereocenters. The fourth-order valence-corrected chi connectivity index (χ4v) is 0.820. The molecule has 0 spiro atoms. The Bertz CT molecular complexity index is 236. The fourth-order valence-electron chi connectivity index (χ4n) is 0.820. The van der Waals surface area contributed by atoms with E-state index in [0.29, 0.717) is 0 Å². The molecule has 0 saturated carbocycles. The molecule has 2 heteroatoms. The predicted molar refractivity (Wildman–Crippen MR) is 95.4 cm³/mol. The number of carboxylic acids is 1. The molecule has 0 aliphatic heterocycles. The summed E-state index contributed by atoms with van der Waals surface area (Å²) in [7, 11) is 0. The molecule has 0 saturated heterocycles. The van der Waals surface area contributed by atoms with Crippen molar-refractivity contribution in [1.82, 2.24) is 0 Å². The van der Waals surface area contributed by atoms with Gasteiger partial charge in [0.15, 0.2) is 0 Å². The summed E-state index contributed by atoms with van der Waals surface area (Å²) in [6, 6.07) is 0. The van der Waals surface area contributed by atoms with E-state index in [-0.39, 0.29) is 6.42 Å². The third-order valence-corrected chi connectivity index (χ3v) is 1.60. The standard InChI is InChI=1S/C10H14O2.4C2H6/c1-4-6-9(7-10(11)12)8(3)5-2;4*1-2/h4-6H,1,7H2,2-3H3,(H,11,12);4*1-2H3/b8-5-,9-6-;;;;. The molecule has 2 nitrogen and oxygen atoms in total. The molecule has 0 heterocycles. The second-order valence-electron chi connectivity index (χ2n) is 2.47. The van der Waals surface area contributed by atoms with Crippen molar-refractivity contribution < 1.29 is 9.90 Å². The van der Waals surface area contributed by atoms with E-state index < -0.39 is 5.97 Å². The van der Waals surface area contributed by atoms with Crippen LogP contribution in [0.25, 0.3) is 0 Å². The minimum absolute atomic E-state index is 0.0577. The maximum absolute atomic E-state index is 10.4. The van der Waals surface area contributed by atoms with Gasteiger partial charge in [0.05, 0.1) is 6.42 Å². The maximum atomic E-state index is 10.4. The minimum Gasteiger partial charge on any atom is -0.481 e. The third kappa shape index (κ3) is 30.1. The van der Waals surface area contributed by atoms with Crippen LogP contribution in [0.2, 0.25) is 0 Å². The number of carboxylic acid groups (broad SMARTS) is 1. The van der Waals surface area contributed by atoms with Crippen molar-refractivity contribution in [3.63, 3.8) is 0 Å². The Morgan fingerprint density at radius 3 is 1.55 bits per heavy atom. The highest BCUT2D eigenvalue weighted by Crippen LogP contribution is 2.13. The molecule has 122 valence electrons. The molecule has 1 N–H and O–H groups in total. The first kappa shape index (κ1) is 31.2. The summed E-state index contributed by atoms with van der Waals surface area (Å²) in [5.74, 6) is -0.815. The van der Waals surface area contributed by atoms with E-state index in [4.69, 9.17) is 5.11 Å². The van der Waals surface area contributed by atoms with Crippen molar-refractivity contribution in [1.29, 1.82) is 0 Å². The lowest BCUT2D eigenvalue weighted by Gasteiger charge is -2.02. The summed E-state index contributed by atoms with van der Waals surface area (Å²) in [4.78, 5) is 10.4. The summed E-state index contributed by atoms with van der Waals surface area (Å²) < 4.78 is 0. The van der Waals surface area contributed by atoms with Crippen LogP contribution in [0.5, 0.6) is 0 Å². The number of hydrogen-bond donors (Lipinski definition) is 1. The van der Waals surface area contributed by atoms with Crippen LogP contribution in [0.4, 0.5) is 0 Å². The van der Waals surface area contributed by atoms with Crippen LogP contribution in [-0.4, -0.2) is 11.1 Å². The monoisotopic (exact) mass is 286 g/mol. The molecular formula is C18H38O2. The topological polar surface area (TPSA) is 37.3 Å². The molecule has 0 aliphatic rings. The lowest BCUT2D eigenvalue weighted by atomic mass is 10.0. The van der Waals surface area contributed by atoms with Crippen molar-refractivity contribution >= 4 is 5.97 Å². The normalized spacial score (nSPS) is 8.90. The first-order valence-electron chi connectivity index (χ1n) is 7.78. The van der Waals surface area contributed by atoms with E-state index in [2.05, 4.69) is 6.58 Å². The van der Waals surface area contributed by atoms with Gasteiger partial charge in [0.25, 0.3) is 0 Å². The smallest absolute Gasteiger partial charge is 0.307 e. The van der Waals surface area contributed by atoms with Crippen LogP contribution < -0.4 is 0 Å². The first-order chi connectivity index (χ1) is 9.61. The number of carbonyl (C=O) groups is 1. The molecular weight excluding hydrogens is 248 g/mol. The third-order valence-electron chi connectivity index (χ3n) is 1.60. The van der Waals surface area contributed by atoms with Crippen LogP contribution in [0.15, 0.2) is 36.0 Å². The van der Waals surface area contributed by atoms with Crippen LogP contribution in [0.3, 0.4) is 0 Å². The van der Waals surface area contributed by atoms with Crippen LogP contribution >= 0.6 is 0 Å². The number of aliphatic carboxylic acids is 1. The van der Waals surface area contributed by atoms with Crippen molar-refractivity contribution in [2.24, 2.45) is 0 Å². The summed E-state index contributed by atoms with van der Waals surface area (Å²) in [5.41, 5.74) is 1.79. The van der Waals surface area contributed by atoms with Gasteiger partial charge in [0.1, 0.15) is 0 Å². The second-order valence-corrected chi connectivity index (χ2v) is 2.47. The SMILES string of the molecule is C=C/C=C(CC(=O)O)\C(C)=C/C.CC.CC.CC.CC. The Morgan fingerprint density at radius 1 is 1.00 bits per heavy atom. The molecule has 0 radical (unpaired) electrons. The van der Waals surface area contributed by atoms with Crippen molar-refractivity contribution in [3.8, 4) is 0 Å². The van der Waals surface area contributed by atoms with Gasteiger partial charge in [-0.25, -0.2) is 0 Å². The average molecular weight is 286 g/mol. The molecule has 0 atom stereocenters. The molecule has 0 aromatic carbocycles. The number of rotatable bonds is 4. The second kappa shape index (κ2) is 36.1. The quantitative estimate of drug-likeness (QED) is 0.588. The zero-order valence-electron chi connectivity index (χ0n) is 15.5. The van der Waals surface area contributed by atoms with Gasteiger partial charge in [0.2, 0.25) is 0 Å². The van der Waals surface area contributed by atoms with Gasteiger partial charge in [-0.15, -0.1) is 0 Å². The van der Waals surface area contributed by atoms with Gasteiger partial charge in [-0.2, -0.15) is 0 Å². The lowest BCUT2D eigenvalue weighted by molar-refractivity contribution is -0.136. The average Bonchev–Trinajstić information content (AvgIpc) is 2.53. The summed E-state index contributed by atoms with van der Waals surface area (Å²) in [5, 5.41) is 8.55. The van der Waals surface area contributed by atoms with Crippen molar-refractivity contribution in [2.75, 3.05) is 0 Å². The van der Waals surface area contributed by atoms with E-state index in [1.54, 1.807) is 12.2 Å². The molecule has 0 rings (SSSR count). The number of hydrogen-bond acceptors (Lipinski definition) is 1. The van der Waals surface area contributed by atoms with E-state index in [9.17, 15) is 4.79 Å². The Balaban J connectivity index is -0.0000000799. The summed E-state index contributed by atoms with van der Waals surface area (Å²) in [6.45, 7) is 23.3. The van der Waals surface area contributed by atoms with E-state index in [1.165, 1.54) is 0 Å². The molecule has 0 aliphatic carbocycles. The number of allylic oxidation sites excluding steroid dienone is 4. The van der Waals surface area contributed by atoms with E-state index in [0.717, 1.165) is 11.1 Å². The molecule has 0 aromatic rings. The van der Waals surface area contributed by atoms with Gasteiger partial charge in [-0.1, -0.05) is 85.8 Å². The molecule has 0 fully saturated rings. The Morgan fingerprint density at radius 2 is 1.35 bits per heavy atom. The van der Waals surface area contributed by atoms with Crippen LogP contribution in [0, 0.1) is 0 Å². The van der Waals surface area contributed by atoms with Crippen molar-refractivity contribution in [3.05, 3.63) is 36.0 Å². The minimum atomic E-state index is -0.815. The van der Waals surface area contributed by atoms with Gasteiger partial charge in [0, 0.05) is 0 Å². The Hall–Kier alpha value is -1.31. The highest BCUT2D eigenvalue weighted by Gasteiger charge is 2.03. The zero-order valence-corrected chi connectivity index (χ0v) is 15.5. The largest absolute Gasteiger partial charge is 0.481 e. The summed E-state index contributed by atoms with van der Waals surface area (Å²) >= 11 is 0. The van der Waals surface area contributed by atoms with Crippen LogP contribution in [0.1, 0.15) is 75.7 Å². The Kier molecular flexibility index (Phi) is 56.3. The highest BCUT2D eigenvalue weighted by atomic mass is 16.4. The van der Waals surface area contributed by atoms with Gasteiger partial charge in [-0.3, -0.25) is 4.79 Å². The van der Waals surface area contributed by atoms with Gasteiger partial charge >= 0.3 is 5.97 Å². The van der Waals surface area contributed by atoms with E-state index >= 15 is 0 Å². The lowest BCUT2D eigenvalue weighted by Crippen LogP contribution is -1.98. The zero-order chi connectivity index (χ0) is 17.6. The molecule has 0 aromatic heterocycles. The van der Waals surface area contributed by atoms with E-state index in [1.807, 2.05) is 75.3 Å². The van der Waals surface area contributed by atoms with Crippen LogP contribution in [-0.2, 0) is 4.79 Å². The molecule has 0 amide bonds. The molecule has 0 bridgehead atoms. The van der Waals surface area contributed by atoms with Crippen molar-refractivity contribution in [2.45, 2.75) is 75.7 Å².